The number of para-hydroxylation sites is 1. The van der Waals surface area contributed by atoms with E-state index in [1.807, 2.05) is 31.3 Å². The van der Waals surface area contributed by atoms with Crippen molar-refractivity contribution in [2.45, 2.75) is 20.8 Å². The van der Waals surface area contributed by atoms with Gasteiger partial charge in [-0.2, -0.15) is 0 Å². The summed E-state index contributed by atoms with van der Waals surface area (Å²) in [5, 5.41) is 0. The summed E-state index contributed by atoms with van der Waals surface area (Å²) in [7, 11) is 0. The van der Waals surface area contributed by atoms with E-state index >= 15 is 0 Å². The molecule has 0 atom stereocenters. The van der Waals surface area contributed by atoms with Crippen LogP contribution in [0.5, 0.6) is 0 Å². The second-order valence-electron chi connectivity index (χ2n) is 4.20. The van der Waals surface area contributed by atoms with Gasteiger partial charge in [0.05, 0.1) is 17.6 Å². The van der Waals surface area contributed by atoms with E-state index in [1.54, 1.807) is 0 Å². The fourth-order valence-corrected chi connectivity index (χ4v) is 1.78. The van der Waals surface area contributed by atoms with E-state index in [4.69, 9.17) is 0 Å². The molecule has 0 spiro atoms. The van der Waals surface area contributed by atoms with Crippen LogP contribution in [-0.2, 0) is 16.5 Å². The molecule has 0 aliphatic carbocycles. The van der Waals surface area contributed by atoms with Crippen LogP contribution in [0.4, 0.5) is 5.69 Å². The smallest absolute Gasteiger partial charge is 1.00 e. The third kappa shape index (κ3) is 5.86. The van der Waals surface area contributed by atoms with Crippen LogP contribution in [-0.4, -0.2) is 11.2 Å². The topological polar surface area (TPSA) is 25.2 Å². The monoisotopic (exact) mass is 440 g/mol. The van der Waals surface area contributed by atoms with Crippen molar-refractivity contribution in [3.05, 3.63) is 58.9 Å². The Kier molecular flexibility index (Phi) is 11.2. The van der Waals surface area contributed by atoms with Crippen molar-refractivity contribution >= 4 is 11.9 Å². The summed E-state index contributed by atoms with van der Waals surface area (Å²) < 4.78 is 0. The number of benzene rings is 1. The van der Waals surface area contributed by atoms with Gasteiger partial charge in [-0.1, -0.05) is 24.3 Å². The molecule has 0 bridgehead atoms. The van der Waals surface area contributed by atoms with Gasteiger partial charge in [-0.25, -0.2) is 0 Å². The van der Waals surface area contributed by atoms with E-state index in [9.17, 15) is 0 Å². The molecule has 1 aromatic carbocycles. The number of nitrogens with zero attached hydrogens (tertiary/aromatic N) is 2. The first-order chi connectivity index (χ1) is 8.16. The summed E-state index contributed by atoms with van der Waals surface area (Å²) in [6, 6.07) is 12.1. The first-order valence-corrected chi connectivity index (χ1v) is 5.71. The third-order valence-corrected chi connectivity index (χ3v) is 2.68. The van der Waals surface area contributed by atoms with Gasteiger partial charge >= 0.3 is 16.5 Å². The Hall–Kier alpha value is -0.506. The standard InChI is InChI=1S/C15H16N2.2BrH.Ni/c1-11-6-4-7-12(2)15(11)16-10-14-9-5-8-13(3)17-14;;;/h4-10H,1-3H3;2*1H;/q;;;+2/p-2. The molecule has 110 valence electrons. The van der Waals surface area contributed by atoms with Gasteiger partial charge in [0.15, 0.2) is 0 Å². The van der Waals surface area contributed by atoms with Gasteiger partial charge < -0.3 is 34.0 Å². The minimum Gasteiger partial charge on any atom is -1.00 e. The molecule has 5 heteroatoms. The molecular weight excluding hydrogens is 427 g/mol. The number of pyridine rings is 1. The van der Waals surface area contributed by atoms with E-state index in [-0.39, 0.29) is 50.5 Å². The zero-order valence-electron chi connectivity index (χ0n) is 11.5. The average molecular weight is 443 g/mol. The number of aliphatic imine (C=N–C) groups is 1. The van der Waals surface area contributed by atoms with Crippen molar-refractivity contribution in [3.8, 4) is 0 Å². The van der Waals surface area contributed by atoms with Crippen molar-refractivity contribution in [1.82, 2.24) is 4.98 Å². The minimum absolute atomic E-state index is 0. The van der Waals surface area contributed by atoms with E-state index in [1.165, 1.54) is 11.1 Å². The third-order valence-electron chi connectivity index (χ3n) is 2.68. The zero-order chi connectivity index (χ0) is 12.3. The van der Waals surface area contributed by atoms with E-state index < -0.39 is 0 Å². The van der Waals surface area contributed by atoms with Crippen LogP contribution < -0.4 is 34.0 Å². The van der Waals surface area contributed by atoms with Gasteiger partial charge in [-0.15, -0.1) is 0 Å². The van der Waals surface area contributed by atoms with Gasteiger partial charge in [0.25, 0.3) is 0 Å². The molecular formula is C15H16Br2N2Ni. The summed E-state index contributed by atoms with van der Waals surface area (Å²) in [6.07, 6.45) is 1.82. The number of rotatable bonds is 2. The Morgan fingerprint density at radius 3 is 2.00 bits per heavy atom. The van der Waals surface area contributed by atoms with Gasteiger partial charge in [-0.05, 0) is 44.0 Å². The molecule has 0 N–H and O–H groups in total. The predicted octanol–water partition coefficient (Wildman–Crippen LogP) is -2.24. The average Bonchev–Trinajstić information content (AvgIpc) is 2.28. The Labute approximate surface area is 151 Å². The van der Waals surface area contributed by atoms with Crippen molar-refractivity contribution in [2.75, 3.05) is 0 Å². The van der Waals surface area contributed by atoms with Gasteiger partial charge in [0.1, 0.15) is 0 Å². The van der Waals surface area contributed by atoms with Gasteiger partial charge in [0.2, 0.25) is 0 Å². The summed E-state index contributed by atoms with van der Waals surface area (Å²) in [6.45, 7) is 6.13. The van der Waals surface area contributed by atoms with Crippen LogP contribution in [0.15, 0.2) is 41.4 Å². The molecule has 0 saturated heterocycles. The summed E-state index contributed by atoms with van der Waals surface area (Å²) in [5.74, 6) is 0. The summed E-state index contributed by atoms with van der Waals surface area (Å²) in [4.78, 5) is 8.93. The Bertz CT molecular complexity index is 551. The molecule has 0 aliphatic heterocycles. The number of aromatic nitrogens is 1. The Balaban J connectivity index is 0. The van der Waals surface area contributed by atoms with Crippen molar-refractivity contribution < 1.29 is 50.5 Å². The molecule has 0 unspecified atom stereocenters. The predicted molar refractivity (Wildman–Crippen MR) is 72.1 cm³/mol. The maximum absolute atomic E-state index is 4.53. The maximum atomic E-state index is 4.53. The Morgan fingerprint density at radius 2 is 1.45 bits per heavy atom. The minimum atomic E-state index is 0. The number of hydrogen-bond donors (Lipinski definition) is 0. The normalized spacial score (nSPS) is 9.35. The van der Waals surface area contributed by atoms with Gasteiger partial charge in [0, 0.05) is 5.69 Å². The van der Waals surface area contributed by atoms with E-state index in [0.717, 1.165) is 17.1 Å². The molecule has 1 heterocycles. The van der Waals surface area contributed by atoms with Crippen LogP contribution in [0.1, 0.15) is 22.5 Å². The molecule has 0 radical (unpaired) electrons. The fraction of sp³-hybridized carbons (Fsp3) is 0.200. The summed E-state index contributed by atoms with van der Waals surface area (Å²) in [5.41, 5.74) is 5.32. The van der Waals surface area contributed by atoms with Gasteiger partial charge in [-0.3, -0.25) is 9.98 Å². The molecule has 0 amide bonds. The van der Waals surface area contributed by atoms with Crippen LogP contribution in [0.25, 0.3) is 0 Å². The second-order valence-corrected chi connectivity index (χ2v) is 4.20. The molecule has 2 nitrogen and oxygen atoms in total. The van der Waals surface area contributed by atoms with E-state index in [2.05, 4.69) is 42.0 Å². The van der Waals surface area contributed by atoms with Crippen molar-refractivity contribution in [2.24, 2.45) is 4.99 Å². The fourth-order valence-electron chi connectivity index (χ4n) is 1.78. The molecule has 0 aliphatic rings. The second kappa shape index (κ2) is 10.3. The van der Waals surface area contributed by atoms with Crippen LogP contribution in [0, 0.1) is 20.8 Å². The molecule has 0 fully saturated rings. The van der Waals surface area contributed by atoms with Crippen LogP contribution in [0.2, 0.25) is 0 Å². The van der Waals surface area contributed by atoms with E-state index in [0.29, 0.717) is 0 Å². The van der Waals surface area contributed by atoms with Crippen LogP contribution in [0.3, 0.4) is 0 Å². The molecule has 0 saturated carbocycles. The molecule has 1 aromatic heterocycles. The number of aryl methyl sites for hydroxylation is 3. The Morgan fingerprint density at radius 1 is 0.900 bits per heavy atom. The zero-order valence-corrected chi connectivity index (χ0v) is 15.7. The van der Waals surface area contributed by atoms with Crippen molar-refractivity contribution in [3.63, 3.8) is 0 Å². The quantitative estimate of drug-likeness (QED) is 0.382. The SMILES string of the molecule is Cc1cccc(C=Nc2c(C)cccc2C)n1.[Br-].[Br-].[Ni+2]. The van der Waals surface area contributed by atoms with Crippen LogP contribution >= 0.6 is 0 Å². The number of halogens is 2. The molecule has 20 heavy (non-hydrogen) atoms. The first-order valence-electron chi connectivity index (χ1n) is 5.71. The van der Waals surface area contributed by atoms with Crippen molar-refractivity contribution in [1.29, 1.82) is 0 Å². The largest absolute Gasteiger partial charge is 2.00 e. The maximum Gasteiger partial charge on any atom is 2.00 e. The molecule has 2 aromatic rings. The first kappa shape index (κ1) is 21.8. The summed E-state index contributed by atoms with van der Waals surface area (Å²) >= 11 is 0. The number of hydrogen-bond acceptors (Lipinski definition) is 2. The molecule has 2 rings (SSSR count).